The zero-order chi connectivity index (χ0) is 15.4. The fourth-order valence-corrected chi connectivity index (χ4v) is 2.94. The monoisotopic (exact) mass is 365 g/mol. The van der Waals surface area contributed by atoms with Crippen molar-refractivity contribution >= 4 is 30.5 Å². The van der Waals surface area contributed by atoms with Crippen LogP contribution in [0.1, 0.15) is 31.9 Å². The molecule has 0 aromatic heterocycles. The Hall–Kier alpha value is -1.08. The van der Waals surface area contributed by atoms with E-state index >= 15 is 0 Å². The highest BCUT2D eigenvalue weighted by atomic mass is 35.5. The van der Waals surface area contributed by atoms with Crippen LogP contribution in [0.5, 0.6) is 5.75 Å². The molecule has 1 saturated heterocycles. The van der Waals surface area contributed by atoms with Crippen LogP contribution in [0.2, 0.25) is 0 Å². The molecule has 6 nitrogen and oxygen atoms in total. The fraction of sp³-hybridized carbons (Fsp3) is 0.600. The summed E-state index contributed by atoms with van der Waals surface area (Å²) < 4.78 is 0. The van der Waals surface area contributed by atoms with Gasteiger partial charge >= 0.3 is 0 Å². The molecule has 2 atom stereocenters. The Morgan fingerprint density at radius 3 is 2.48 bits per heavy atom. The Balaban J connectivity index is 0.00000242. The van der Waals surface area contributed by atoms with Crippen molar-refractivity contribution in [3.8, 4) is 5.75 Å². The molecule has 8 heteroatoms. The first-order valence-corrected chi connectivity index (χ1v) is 7.46. The molecule has 1 aromatic carbocycles. The number of nitrogens with one attached hydrogen (secondary N) is 1. The van der Waals surface area contributed by atoms with Gasteiger partial charge in [-0.3, -0.25) is 15.0 Å². The van der Waals surface area contributed by atoms with Crippen molar-refractivity contribution in [1.29, 1.82) is 0 Å². The molecule has 0 radical (unpaired) electrons. The van der Waals surface area contributed by atoms with Crippen molar-refractivity contribution < 1.29 is 10.0 Å². The van der Waals surface area contributed by atoms with E-state index in [4.69, 9.17) is 0 Å². The minimum absolute atomic E-state index is 0. The lowest BCUT2D eigenvalue weighted by molar-refractivity contribution is -0.385. The van der Waals surface area contributed by atoms with E-state index in [-0.39, 0.29) is 42.3 Å². The van der Waals surface area contributed by atoms with Gasteiger partial charge in [0.1, 0.15) is 5.75 Å². The predicted molar refractivity (Wildman–Crippen MR) is 95.9 cm³/mol. The van der Waals surface area contributed by atoms with E-state index in [9.17, 15) is 15.2 Å². The first kappa shape index (κ1) is 21.9. The Morgan fingerprint density at radius 1 is 1.35 bits per heavy atom. The third-order valence-corrected chi connectivity index (χ3v) is 4.27. The molecule has 2 rings (SSSR count). The van der Waals surface area contributed by atoms with Crippen LogP contribution in [0.15, 0.2) is 18.2 Å². The van der Waals surface area contributed by atoms with Gasteiger partial charge in [0.25, 0.3) is 5.69 Å². The van der Waals surface area contributed by atoms with Crippen molar-refractivity contribution in [2.45, 2.75) is 26.3 Å². The molecule has 1 aromatic rings. The standard InChI is InChI=1S/C15H23N3O3.2ClH/c1-3-11(2)15(17-8-6-16-7-9-17)13-10-12(18(20)21)4-5-14(13)19;;/h4-5,10-11,15-16,19H,3,6-9H2,1-2H3;2*1H/t11?,15-;;/m1../s1. The summed E-state index contributed by atoms with van der Waals surface area (Å²) in [6, 6.07) is 4.32. The Bertz CT molecular complexity index is 511. The van der Waals surface area contributed by atoms with E-state index in [1.54, 1.807) is 0 Å². The normalized spacial score (nSPS) is 17.5. The van der Waals surface area contributed by atoms with E-state index < -0.39 is 4.92 Å². The Morgan fingerprint density at radius 2 is 1.96 bits per heavy atom. The van der Waals surface area contributed by atoms with Crippen LogP contribution in [0.25, 0.3) is 0 Å². The molecule has 0 aliphatic carbocycles. The second-order valence-electron chi connectivity index (χ2n) is 5.62. The number of nitro benzene ring substituents is 1. The van der Waals surface area contributed by atoms with Crippen molar-refractivity contribution in [2.24, 2.45) is 5.92 Å². The number of nitrogens with zero attached hydrogens (tertiary/aromatic N) is 2. The molecule has 2 N–H and O–H groups in total. The highest BCUT2D eigenvalue weighted by Crippen LogP contribution is 2.37. The maximum Gasteiger partial charge on any atom is 0.270 e. The minimum Gasteiger partial charge on any atom is -0.508 e. The topological polar surface area (TPSA) is 78.6 Å². The molecule has 0 amide bonds. The molecule has 1 aliphatic heterocycles. The van der Waals surface area contributed by atoms with E-state index in [2.05, 4.69) is 24.1 Å². The first-order chi connectivity index (χ1) is 10.0. The van der Waals surface area contributed by atoms with Gasteiger partial charge in [-0.2, -0.15) is 0 Å². The summed E-state index contributed by atoms with van der Waals surface area (Å²) in [4.78, 5) is 12.9. The van der Waals surface area contributed by atoms with Crippen LogP contribution >= 0.6 is 24.8 Å². The zero-order valence-electron chi connectivity index (χ0n) is 13.4. The molecule has 23 heavy (non-hydrogen) atoms. The molecule has 1 aliphatic rings. The molecular formula is C15H25Cl2N3O3. The number of hydrogen-bond donors (Lipinski definition) is 2. The summed E-state index contributed by atoms with van der Waals surface area (Å²) in [5.74, 6) is 0.459. The third kappa shape index (κ3) is 5.21. The SMILES string of the molecule is CCC(C)[C@H](c1cc([N+](=O)[O-])ccc1O)N1CCNCC1.Cl.Cl. The van der Waals surface area contributed by atoms with Crippen LogP contribution in [-0.2, 0) is 0 Å². The van der Waals surface area contributed by atoms with E-state index in [0.717, 1.165) is 32.6 Å². The van der Waals surface area contributed by atoms with Crippen LogP contribution in [0.3, 0.4) is 0 Å². The Kier molecular flexibility index (Phi) is 9.46. The van der Waals surface area contributed by atoms with Gasteiger partial charge in [0.15, 0.2) is 0 Å². The number of hydrogen-bond acceptors (Lipinski definition) is 5. The number of rotatable bonds is 5. The van der Waals surface area contributed by atoms with Crippen molar-refractivity contribution in [3.63, 3.8) is 0 Å². The summed E-state index contributed by atoms with van der Waals surface area (Å²) in [5, 5.41) is 24.5. The smallest absolute Gasteiger partial charge is 0.270 e. The summed E-state index contributed by atoms with van der Waals surface area (Å²) >= 11 is 0. The number of benzene rings is 1. The highest BCUT2D eigenvalue weighted by molar-refractivity contribution is 5.85. The number of phenolic OH excluding ortho intramolecular Hbond substituents is 1. The summed E-state index contributed by atoms with van der Waals surface area (Å²) in [6.45, 7) is 7.82. The van der Waals surface area contributed by atoms with Crippen molar-refractivity contribution in [1.82, 2.24) is 10.2 Å². The zero-order valence-corrected chi connectivity index (χ0v) is 15.0. The van der Waals surface area contributed by atoms with Gasteiger partial charge in [-0.1, -0.05) is 20.3 Å². The average molecular weight is 366 g/mol. The molecule has 1 unspecified atom stereocenters. The Labute approximate surface area is 149 Å². The highest BCUT2D eigenvalue weighted by Gasteiger charge is 2.29. The lowest BCUT2D eigenvalue weighted by atomic mass is 9.89. The third-order valence-electron chi connectivity index (χ3n) is 4.27. The van der Waals surface area contributed by atoms with E-state index in [0.29, 0.717) is 11.5 Å². The molecule has 1 heterocycles. The van der Waals surface area contributed by atoms with E-state index in [1.807, 2.05) is 0 Å². The van der Waals surface area contributed by atoms with Gasteiger partial charge in [0.2, 0.25) is 0 Å². The summed E-state index contributed by atoms with van der Waals surface area (Å²) in [5.41, 5.74) is 0.701. The fourth-order valence-electron chi connectivity index (χ4n) is 2.94. The molecule has 132 valence electrons. The lowest BCUT2D eigenvalue weighted by Crippen LogP contribution is -2.46. The van der Waals surface area contributed by atoms with Gasteiger partial charge in [-0.05, 0) is 12.0 Å². The minimum atomic E-state index is -0.408. The van der Waals surface area contributed by atoms with Gasteiger partial charge < -0.3 is 10.4 Å². The lowest BCUT2D eigenvalue weighted by Gasteiger charge is -2.38. The maximum atomic E-state index is 11.0. The number of piperazine rings is 1. The van der Waals surface area contributed by atoms with Crippen LogP contribution in [0.4, 0.5) is 5.69 Å². The average Bonchev–Trinajstić information content (AvgIpc) is 2.50. The number of non-ortho nitro benzene ring substituents is 1. The number of phenols is 1. The number of nitro groups is 1. The van der Waals surface area contributed by atoms with Gasteiger partial charge in [-0.25, -0.2) is 0 Å². The number of aromatic hydroxyl groups is 1. The molecule has 0 bridgehead atoms. The van der Waals surface area contributed by atoms with Gasteiger partial charge in [-0.15, -0.1) is 24.8 Å². The first-order valence-electron chi connectivity index (χ1n) is 7.46. The van der Waals surface area contributed by atoms with Crippen LogP contribution < -0.4 is 5.32 Å². The number of halogens is 2. The second kappa shape index (κ2) is 9.93. The summed E-state index contributed by atoms with van der Waals surface area (Å²) in [6.07, 6.45) is 0.955. The second-order valence-corrected chi connectivity index (χ2v) is 5.62. The van der Waals surface area contributed by atoms with E-state index in [1.165, 1.54) is 18.2 Å². The van der Waals surface area contributed by atoms with Gasteiger partial charge in [0, 0.05) is 49.9 Å². The molecule has 0 spiro atoms. The van der Waals surface area contributed by atoms with Crippen molar-refractivity contribution in [2.75, 3.05) is 26.2 Å². The predicted octanol–water partition coefficient (Wildman–Crippen LogP) is 3.14. The largest absolute Gasteiger partial charge is 0.508 e. The molecular weight excluding hydrogens is 341 g/mol. The molecule has 1 fully saturated rings. The van der Waals surface area contributed by atoms with Crippen LogP contribution in [0, 0.1) is 16.0 Å². The molecule has 0 saturated carbocycles. The maximum absolute atomic E-state index is 11.0. The van der Waals surface area contributed by atoms with Crippen LogP contribution in [-0.4, -0.2) is 41.1 Å². The van der Waals surface area contributed by atoms with Crippen molar-refractivity contribution in [3.05, 3.63) is 33.9 Å². The quantitative estimate of drug-likeness (QED) is 0.618. The van der Waals surface area contributed by atoms with Gasteiger partial charge in [0.05, 0.1) is 4.92 Å². The summed E-state index contributed by atoms with van der Waals surface area (Å²) in [7, 11) is 0.